The summed E-state index contributed by atoms with van der Waals surface area (Å²) in [7, 11) is 1.89. The van der Waals surface area contributed by atoms with Crippen LogP contribution in [0.25, 0.3) is 0 Å². The number of nitriles is 1. The van der Waals surface area contributed by atoms with Crippen molar-refractivity contribution in [1.29, 1.82) is 5.26 Å². The van der Waals surface area contributed by atoms with Crippen molar-refractivity contribution in [2.45, 2.75) is 13.5 Å². The number of amides is 1. The zero-order valence-electron chi connectivity index (χ0n) is 12.4. The normalized spacial score (nSPS) is 10.5. The van der Waals surface area contributed by atoms with Crippen LogP contribution in [0.1, 0.15) is 16.0 Å². The first-order chi connectivity index (χ1) is 10.5. The number of hydrogen-bond acceptors (Lipinski definition) is 4. The number of carbonyl (C=O) groups is 1. The Kier molecular flexibility index (Phi) is 5.56. The zero-order chi connectivity index (χ0) is 16.1. The van der Waals surface area contributed by atoms with Crippen LogP contribution in [-0.2, 0) is 11.3 Å². The van der Waals surface area contributed by atoms with Crippen LogP contribution in [0.2, 0.25) is 5.02 Å². The number of nitrogens with zero attached hydrogens (tertiary/aromatic N) is 2. The number of nitrogens with one attached hydrogen (secondary N) is 1. The van der Waals surface area contributed by atoms with Gasteiger partial charge in [0.1, 0.15) is 6.07 Å². The Labute approximate surface area is 138 Å². The number of benzene rings is 1. The van der Waals surface area contributed by atoms with Gasteiger partial charge in [-0.05, 0) is 49.2 Å². The van der Waals surface area contributed by atoms with Gasteiger partial charge in [0, 0.05) is 16.4 Å². The second-order valence-electron chi connectivity index (χ2n) is 5.05. The molecule has 1 heterocycles. The number of anilines is 1. The molecule has 22 heavy (non-hydrogen) atoms. The number of likely N-dealkylation sites (N-methyl/N-ethyl adjacent to an activating group) is 1. The second-order valence-corrected chi connectivity index (χ2v) is 6.49. The van der Waals surface area contributed by atoms with Crippen LogP contribution < -0.4 is 5.32 Å². The minimum absolute atomic E-state index is 0.171. The predicted octanol–water partition coefficient (Wildman–Crippen LogP) is 3.65. The molecule has 0 fully saturated rings. The summed E-state index contributed by atoms with van der Waals surface area (Å²) >= 11 is 7.59. The molecular formula is C16H16ClN3OS. The molecule has 0 saturated carbocycles. The maximum atomic E-state index is 12.1. The third-order valence-corrected chi connectivity index (χ3v) is 4.41. The SMILES string of the molecule is Cc1ccsc1CN(C)CC(=O)Nc1cc(Cl)ccc1C#N. The minimum Gasteiger partial charge on any atom is -0.324 e. The van der Waals surface area contributed by atoms with Gasteiger partial charge in [-0.25, -0.2) is 0 Å². The van der Waals surface area contributed by atoms with Crippen molar-refractivity contribution in [2.24, 2.45) is 0 Å². The standard InChI is InChI=1S/C16H16ClN3OS/c1-11-5-6-22-15(11)9-20(2)10-16(21)19-14-7-13(17)4-3-12(14)8-18/h3-7H,9-10H2,1-2H3,(H,19,21). The summed E-state index contributed by atoms with van der Waals surface area (Å²) in [6, 6.07) is 8.91. The third kappa shape index (κ3) is 4.31. The smallest absolute Gasteiger partial charge is 0.238 e. The summed E-state index contributed by atoms with van der Waals surface area (Å²) < 4.78 is 0. The van der Waals surface area contributed by atoms with E-state index in [0.717, 1.165) is 6.54 Å². The lowest BCUT2D eigenvalue weighted by molar-refractivity contribution is -0.117. The number of rotatable bonds is 5. The molecule has 0 spiro atoms. The van der Waals surface area contributed by atoms with Crippen LogP contribution in [0.3, 0.4) is 0 Å². The van der Waals surface area contributed by atoms with Gasteiger partial charge in [-0.15, -0.1) is 11.3 Å². The van der Waals surface area contributed by atoms with Gasteiger partial charge < -0.3 is 5.32 Å². The highest BCUT2D eigenvalue weighted by Gasteiger charge is 2.11. The van der Waals surface area contributed by atoms with Crippen LogP contribution in [0.15, 0.2) is 29.6 Å². The average molecular weight is 334 g/mol. The number of thiophene rings is 1. The van der Waals surface area contributed by atoms with E-state index in [0.29, 0.717) is 16.3 Å². The van der Waals surface area contributed by atoms with E-state index < -0.39 is 0 Å². The van der Waals surface area contributed by atoms with E-state index in [2.05, 4.69) is 18.3 Å². The Morgan fingerprint density at radius 2 is 2.23 bits per heavy atom. The largest absolute Gasteiger partial charge is 0.324 e. The highest BCUT2D eigenvalue weighted by atomic mass is 35.5. The van der Waals surface area contributed by atoms with E-state index in [-0.39, 0.29) is 12.5 Å². The van der Waals surface area contributed by atoms with Crippen molar-refractivity contribution in [2.75, 3.05) is 18.9 Å². The Balaban J connectivity index is 1.97. The van der Waals surface area contributed by atoms with Gasteiger partial charge in [-0.2, -0.15) is 5.26 Å². The summed E-state index contributed by atoms with van der Waals surface area (Å²) in [5.41, 5.74) is 2.08. The lowest BCUT2D eigenvalue weighted by Crippen LogP contribution is -2.30. The second kappa shape index (κ2) is 7.41. The van der Waals surface area contributed by atoms with Gasteiger partial charge in [0.15, 0.2) is 0 Å². The topological polar surface area (TPSA) is 56.1 Å². The molecule has 0 saturated heterocycles. The van der Waals surface area contributed by atoms with Crippen LogP contribution in [0.5, 0.6) is 0 Å². The van der Waals surface area contributed by atoms with Crippen molar-refractivity contribution in [3.8, 4) is 6.07 Å². The molecule has 114 valence electrons. The van der Waals surface area contributed by atoms with Gasteiger partial charge in [0.2, 0.25) is 5.91 Å². The molecule has 4 nitrogen and oxygen atoms in total. The molecular weight excluding hydrogens is 318 g/mol. The predicted molar refractivity (Wildman–Crippen MR) is 90.2 cm³/mol. The lowest BCUT2D eigenvalue weighted by atomic mass is 10.2. The molecule has 6 heteroatoms. The lowest BCUT2D eigenvalue weighted by Gasteiger charge is -2.16. The molecule has 1 N–H and O–H groups in total. The summed E-state index contributed by atoms with van der Waals surface area (Å²) in [6.07, 6.45) is 0. The molecule has 0 aliphatic rings. The van der Waals surface area contributed by atoms with Crippen LogP contribution >= 0.6 is 22.9 Å². The number of hydrogen-bond donors (Lipinski definition) is 1. The molecule has 0 aliphatic heterocycles. The van der Waals surface area contributed by atoms with E-state index in [1.165, 1.54) is 10.4 Å². The Hall–Kier alpha value is -1.87. The number of aryl methyl sites for hydroxylation is 1. The number of halogens is 1. The van der Waals surface area contributed by atoms with Gasteiger partial charge in [-0.1, -0.05) is 11.6 Å². The van der Waals surface area contributed by atoms with Crippen molar-refractivity contribution < 1.29 is 4.79 Å². The monoisotopic (exact) mass is 333 g/mol. The van der Waals surface area contributed by atoms with E-state index in [4.69, 9.17) is 16.9 Å². The molecule has 1 amide bonds. The maximum Gasteiger partial charge on any atom is 0.238 e. The fraction of sp³-hybridized carbons (Fsp3) is 0.250. The van der Waals surface area contributed by atoms with Gasteiger partial charge in [0.05, 0.1) is 17.8 Å². The van der Waals surface area contributed by atoms with Crippen molar-refractivity contribution in [3.05, 3.63) is 50.7 Å². The van der Waals surface area contributed by atoms with Gasteiger partial charge in [-0.3, -0.25) is 9.69 Å². The van der Waals surface area contributed by atoms with E-state index in [9.17, 15) is 4.79 Å². The first-order valence-electron chi connectivity index (χ1n) is 6.70. The molecule has 1 aromatic heterocycles. The fourth-order valence-electron chi connectivity index (χ4n) is 2.02. The Bertz CT molecular complexity index is 720. The maximum absolute atomic E-state index is 12.1. The summed E-state index contributed by atoms with van der Waals surface area (Å²) in [4.78, 5) is 15.3. The molecule has 2 aromatic rings. The first-order valence-corrected chi connectivity index (χ1v) is 7.96. The summed E-state index contributed by atoms with van der Waals surface area (Å²) in [6.45, 7) is 3.03. The fourth-order valence-corrected chi connectivity index (χ4v) is 3.18. The molecule has 0 aliphatic carbocycles. The van der Waals surface area contributed by atoms with Gasteiger partial charge in [0.25, 0.3) is 0 Å². The minimum atomic E-state index is -0.171. The highest BCUT2D eigenvalue weighted by Crippen LogP contribution is 2.21. The van der Waals surface area contributed by atoms with Crippen molar-refractivity contribution in [3.63, 3.8) is 0 Å². The van der Waals surface area contributed by atoms with Crippen molar-refractivity contribution in [1.82, 2.24) is 4.90 Å². The average Bonchev–Trinajstić information content (AvgIpc) is 2.84. The molecule has 1 aromatic carbocycles. The highest BCUT2D eigenvalue weighted by molar-refractivity contribution is 7.10. The third-order valence-electron chi connectivity index (χ3n) is 3.17. The molecule has 0 radical (unpaired) electrons. The van der Waals surface area contributed by atoms with Gasteiger partial charge >= 0.3 is 0 Å². The van der Waals surface area contributed by atoms with Crippen LogP contribution in [0, 0.1) is 18.3 Å². The summed E-state index contributed by atoms with van der Waals surface area (Å²) in [5, 5.41) is 14.3. The molecule has 0 bridgehead atoms. The Morgan fingerprint density at radius 3 is 2.86 bits per heavy atom. The van der Waals surface area contributed by atoms with Crippen LogP contribution in [-0.4, -0.2) is 24.4 Å². The van der Waals surface area contributed by atoms with Crippen LogP contribution in [0.4, 0.5) is 5.69 Å². The molecule has 0 atom stereocenters. The first kappa shape index (κ1) is 16.5. The van der Waals surface area contributed by atoms with E-state index in [1.807, 2.05) is 23.4 Å². The zero-order valence-corrected chi connectivity index (χ0v) is 14.0. The van der Waals surface area contributed by atoms with Crippen molar-refractivity contribution >= 4 is 34.5 Å². The summed E-state index contributed by atoms with van der Waals surface area (Å²) in [5.74, 6) is -0.171. The number of carbonyl (C=O) groups excluding carboxylic acids is 1. The molecule has 2 rings (SSSR count). The van der Waals surface area contributed by atoms with E-state index in [1.54, 1.807) is 29.5 Å². The Morgan fingerprint density at radius 1 is 1.45 bits per heavy atom. The molecule has 0 unspecified atom stereocenters. The van der Waals surface area contributed by atoms with E-state index >= 15 is 0 Å². The quantitative estimate of drug-likeness (QED) is 0.908.